The van der Waals surface area contributed by atoms with Gasteiger partial charge in [0.2, 0.25) is 0 Å². The maximum atomic E-state index is 13.0. The fourth-order valence-corrected chi connectivity index (χ4v) is 4.34. The van der Waals surface area contributed by atoms with E-state index in [9.17, 15) is 18.0 Å². The van der Waals surface area contributed by atoms with E-state index in [1.54, 1.807) is 13.8 Å². The molecule has 2 saturated heterocycles. The van der Waals surface area contributed by atoms with Crippen LogP contribution < -0.4 is 5.32 Å². The summed E-state index contributed by atoms with van der Waals surface area (Å²) >= 11 is 0. The van der Waals surface area contributed by atoms with Crippen LogP contribution in [0.5, 0.6) is 0 Å². The number of nitrogens with one attached hydrogen (secondary N) is 1. The predicted molar refractivity (Wildman–Crippen MR) is 129 cm³/mol. The summed E-state index contributed by atoms with van der Waals surface area (Å²) in [7, 11) is 0. The summed E-state index contributed by atoms with van der Waals surface area (Å²) in [5.41, 5.74) is -0.146. The number of anilines is 1. The number of rotatable bonds is 11. The van der Waals surface area contributed by atoms with Crippen LogP contribution in [0.4, 0.5) is 19.0 Å². The van der Waals surface area contributed by atoms with Gasteiger partial charge in [-0.1, -0.05) is 30.3 Å². The first-order chi connectivity index (χ1) is 18.1. The van der Waals surface area contributed by atoms with Gasteiger partial charge >= 0.3 is 12.1 Å². The van der Waals surface area contributed by atoms with Gasteiger partial charge < -0.3 is 29.0 Å². The van der Waals surface area contributed by atoms with Gasteiger partial charge in [0.15, 0.2) is 11.5 Å². The molecule has 0 amide bonds. The number of benzene rings is 1. The molecule has 1 N–H and O–H groups in total. The lowest BCUT2D eigenvalue weighted by Crippen LogP contribution is -2.55. The molecule has 9 nitrogen and oxygen atoms in total. The summed E-state index contributed by atoms with van der Waals surface area (Å²) in [6, 6.07) is 8.99. The van der Waals surface area contributed by atoms with E-state index in [4.69, 9.17) is 23.7 Å². The summed E-state index contributed by atoms with van der Waals surface area (Å²) in [6.45, 7) is 4.61. The van der Waals surface area contributed by atoms with E-state index in [1.807, 2.05) is 30.3 Å². The third kappa shape index (κ3) is 7.85. The van der Waals surface area contributed by atoms with Gasteiger partial charge in [-0.05, 0) is 32.3 Å². The number of carbonyl (C=O) groups is 1. The minimum absolute atomic E-state index is 0.0301. The lowest BCUT2D eigenvalue weighted by Gasteiger charge is -2.37. The first-order valence-electron chi connectivity index (χ1n) is 12.5. The van der Waals surface area contributed by atoms with Crippen molar-refractivity contribution < 1.29 is 41.7 Å². The molecule has 0 saturated carbocycles. The van der Waals surface area contributed by atoms with E-state index in [1.165, 1.54) is 6.20 Å². The standard InChI is InChI=1S/C26H32F3N3O6/c1-25(2)37-23-18(31-21-13-30-12-20(32-21)26(27,28)29)15-35-19(24(23)38-25)16-34-11-7-6-10-22(33)36-14-17-8-4-3-5-9-17/h3-5,8-9,12-13,18-19,23-24H,6-7,10-11,14-16H2,1-2H3,(H,31,32)/t18-,19+,23+,24-/m0/s1. The van der Waals surface area contributed by atoms with Crippen molar-refractivity contribution in [2.24, 2.45) is 0 Å². The number of hydrogen-bond donors (Lipinski definition) is 1. The number of aromatic nitrogens is 2. The van der Waals surface area contributed by atoms with Gasteiger partial charge in [-0.3, -0.25) is 9.78 Å². The molecule has 0 radical (unpaired) electrons. The van der Waals surface area contributed by atoms with E-state index in [-0.39, 0.29) is 31.6 Å². The number of unbranched alkanes of at least 4 members (excludes halogenated alkanes) is 1. The van der Waals surface area contributed by atoms with Gasteiger partial charge in [0.05, 0.1) is 31.6 Å². The molecule has 2 fully saturated rings. The normalized spacial score (nSPS) is 24.6. The number of halogens is 3. The van der Waals surface area contributed by atoms with E-state index in [0.29, 0.717) is 32.1 Å². The number of esters is 1. The fourth-order valence-electron chi connectivity index (χ4n) is 4.34. The molecule has 3 heterocycles. The topological polar surface area (TPSA) is 101 Å². The molecule has 12 heteroatoms. The highest BCUT2D eigenvalue weighted by Gasteiger charge is 2.52. The maximum Gasteiger partial charge on any atom is 0.434 e. The highest BCUT2D eigenvalue weighted by atomic mass is 19.4. The minimum Gasteiger partial charge on any atom is -0.461 e. The summed E-state index contributed by atoms with van der Waals surface area (Å²) in [5, 5.41) is 2.95. The molecule has 1 aromatic carbocycles. The number of fused-ring (bicyclic) bond motifs is 1. The molecule has 1 aromatic heterocycles. The largest absolute Gasteiger partial charge is 0.461 e. The number of alkyl halides is 3. The number of nitrogens with zero attached hydrogens (tertiary/aromatic N) is 2. The molecule has 2 aliphatic rings. The Kier molecular flexibility index (Phi) is 9.19. The third-order valence-electron chi connectivity index (χ3n) is 6.12. The molecular weight excluding hydrogens is 507 g/mol. The summed E-state index contributed by atoms with van der Waals surface area (Å²) in [5.74, 6) is -1.19. The first-order valence-corrected chi connectivity index (χ1v) is 12.5. The van der Waals surface area contributed by atoms with Crippen LogP contribution in [0.2, 0.25) is 0 Å². The van der Waals surface area contributed by atoms with Crippen molar-refractivity contribution in [3.05, 3.63) is 54.0 Å². The zero-order valence-electron chi connectivity index (χ0n) is 21.3. The fraction of sp³-hybridized carbons (Fsp3) is 0.577. The Morgan fingerprint density at radius 3 is 2.66 bits per heavy atom. The highest BCUT2D eigenvalue weighted by Crippen LogP contribution is 2.36. The average Bonchev–Trinajstić information content (AvgIpc) is 3.22. The van der Waals surface area contributed by atoms with Crippen LogP contribution in [0.15, 0.2) is 42.7 Å². The molecular formula is C26H32F3N3O6. The lowest BCUT2D eigenvalue weighted by atomic mass is 9.98. The average molecular weight is 540 g/mol. The second-order valence-corrected chi connectivity index (χ2v) is 9.65. The van der Waals surface area contributed by atoms with E-state index in [2.05, 4.69) is 15.3 Å². The Balaban J connectivity index is 1.20. The first kappa shape index (κ1) is 28.2. The molecule has 2 aliphatic heterocycles. The minimum atomic E-state index is -4.60. The molecule has 0 unspecified atom stereocenters. The third-order valence-corrected chi connectivity index (χ3v) is 6.12. The molecule has 2 aromatic rings. The van der Waals surface area contributed by atoms with Crippen molar-refractivity contribution in [1.82, 2.24) is 9.97 Å². The SMILES string of the molecule is CC1(C)O[C@@H]2[C@H](O1)[C@@H](Nc1cncc(C(F)(F)F)n1)CO[C@@H]2COCCCCC(=O)OCc1ccccc1. The molecule has 0 spiro atoms. The second kappa shape index (κ2) is 12.4. The molecule has 0 aliphatic carbocycles. The van der Waals surface area contributed by atoms with Gasteiger partial charge in [-0.2, -0.15) is 13.2 Å². The summed E-state index contributed by atoms with van der Waals surface area (Å²) < 4.78 is 68.1. The number of carbonyl (C=O) groups excluding carboxylic acids is 1. The quantitative estimate of drug-likeness (QED) is 0.334. The molecule has 4 rings (SSSR count). The molecule has 4 atom stereocenters. The van der Waals surface area contributed by atoms with Crippen molar-refractivity contribution in [2.75, 3.05) is 25.1 Å². The molecule has 0 bridgehead atoms. The van der Waals surface area contributed by atoms with Gasteiger partial charge in [0.25, 0.3) is 0 Å². The van der Waals surface area contributed by atoms with E-state index in [0.717, 1.165) is 5.56 Å². The lowest BCUT2D eigenvalue weighted by molar-refractivity contribution is -0.160. The zero-order chi connectivity index (χ0) is 27.2. The van der Waals surface area contributed by atoms with Gasteiger partial charge in [-0.25, -0.2) is 4.98 Å². The van der Waals surface area contributed by atoms with Crippen molar-refractivity contribution in [1.29, 1.82) is 0 Å². The number of ether oxygens (including phenoxy) is 5. The Hall–Kier alpha value is -2.80. The van der Waals surface area contributed by atoms with Crippen LogP contribution in [0.25, 0.3) is 0 Å². The Labute approximate surface area is 219 Å². The van der Waals surface area contributed by atoms with E-state index < -0.39 is 42.0 Å². The van der Waals surface area contributed by atoms with Gasteiger partial charge in [-0.15, -0.1) is 0 Å². The Morgan fingerprint density at radius 2 is 1.89 bits per heavy atom. The van der Waals surface area contributed by atoms with Crippen molar-refractivity contribution >= 4 is 11.8 Å². The van der Waals surface area contributed by atoms with Crippen LogP contribution >= 0.6 is 0 Å². The second-order valence-electron chi connectivity index (χ2n) is 9.65. The zero-order valence-corrected chi connectivity index (χ0v) is 21.3. The number of hydrogen-bond acceptors (Lipinski definition) is 9. The van der Waals surface area contributed by atoms with Crippen molar-refractivity contribution in [2.45, 2.75) is 76.0 Å². The smallest absolute Gasteiger partial charge is 0.434 e. The maximum absolute atomic E-state index is 13.0. The monoisotopic (exact) mass is 539 g/mol. The van der Waals surface area contributed by atoms with Gasteiger partial charge in [0.1, 0.15) is 30.7 Å². The van der Waals surface area contributed by atoms with Crippen LogP contribution in [0, 0.1) is 0 Å². The van der Waals surface area contributed by atoms with Gasteiger partial charge in [0, 0.05) is 13.0 Å². The summed E-state index contributed by atoms with van der Waals surface area (Å²) in [4.78, 5) is 19.2. The van der Waals surface area contributed by atoms with Crippen LogP contribution in [0.3, 0.4) is 0 Å². The van der Waals surface area contributed by atoms with Crippen LogP contribution in [0.1, 0.15) is 44.4 Å². The van der Waals surface area contributed by atoms with Crippen molar-refractivity contribution in [3.8, 4) is 0 Å². The Morgan fingerprint density at radius 1 is 1.13 bits per heavy atom. The van der Waals surface area contributed by atoms with Crippen LogP contribution in [-0.4, -0.2) is 65.9 Å². The summed E-state index contributed by atoms with van der Waals surface area (Å²) in [6.07, 6.45) is -2.53. The molecule has 208 valence electrons. The highest BCUT2D eigenvalue weighted by molar-refractivity contribution is 5.69. The van der Waals surface area contributed by atoms with Crippen LogP contribution in [-0.2, 0) is 41.3 Å². The molecule has 38 heavy (non-hydrogen) atoms. The predicted octanol–water partition coefficient (Wildman–Crippen LogP) is 4.13. The van der Waals surface area contributed by atoms with E-state index >= 15 is 0 Å². The van der Waals surface area contributed by atoms with Crippen molar-refractivity contribution in [3.63, 3.8) is 0 Å². The Bertz CT molecular complexity index is 1060.